The number of rotatable bonds is 4. The number of benzene rings is 1. The number of Topliss-reactive ketones (excluding diaryl/α,β-unsaturated/α-hetero) is 1. The first kappa shape index (κ1) is 19.0. The first-order chi connectivity index (χ1) is 12.3. The number of amides is 1. The Hall–Kier alpha value is -1.73. The highest BCUT2D eigenvalue weighted by molar-refractivity contribution is 7.88. The van der Waals surface area contributed by atoms with Crippen molar-refractivity contribution in [3.05, 3.63) is 35.4 Å². The Morgan fingerprint density at radius 2 is 1.62 bits per heavy atom. The molecule has 26 heavy (non-hydrogen) atoms. The van der Waals surface area contributed by atoms with E-state index in [1.165, 1.54) is 10.6 Å². The Kier molecular flexibility index (Phi) is 5.48. The molecule has 2 aliphatic rings. The Balaban J connectivity index is 1.67. The normalized spacial score (nSPS) is 22.5. The summed E-state index contributed by atoms with van der Waals surface area (Å²) < 4.78 is 24.7. The van der Waals surface area contributed by atoms with E-state index in [9.17, 15) is 18.0 Å². The number of piperidine rings is 1. The molecule has 2 aliphatic heterocycles. The fourth-order valence-corrected chi connectivity index (χ4v) is 4.76. The summed E-state index contributed by atoms with van der Waals surface area (Å²) >= 11 is 0. The van der Waals surface area contributed by atoms with Crippen LogP contribution in [0.1, 0.15) is 41.6 Å². The summed E-state index contributed by atoms with van der Waals surface area (Å²) in [6.07, 6.45) is 3.77. The van der Waals surface area contributed by atoms with Crippen LogP contribution in [0.3, 0.4) is 0 Å². The largest absolute Gasteiger partial charge is 0.332 e. The molecule has 1 aromatic carbocycles. The van der Waals surface area contributed by atoms with Crippen molar-refractivity contribution in [3.63, 3.8) is 0 Å². The lowest BCUT2D eigenvalue weighted by atomic mass is 9.95. The molecule has 1 unspecified atom stereocenters. The first-order valence-electron chi connectivity index (χ1n) is 9.14. The predicted molar refractivity (Wildman–Crippen MR) is 99.4 cm³/mol. The van der Waals surface area contributed by atoms with Crippen LogP contribution in [-0.4, -0.2) is 61.2 Å². The molecule has 0 aliphatic carbocycles. The molecule has 2 saturated heterocycles. The molecule has 0 radical (unpaired) electrons. The average molecular weight is 378 g/mol. The monoisotopic (exact) mass is 378 g/mol. The lowest BCUT2D eigenvalue weighted by Crippen LogP contribution is -2.47. The summed E-state index contributed by atoms with van der Waals surface area (Å²) in [5, 5.41) is 0. The van der Waals surface area contributed by atoms with E-state index in [4.69, 9.17) is 0 Å². The standard InChI is InChI=1S/C19H26N2O4S/c1-14-5-7-15(8-6-14)18(22)17-4-3-11-21(17)19(23)16-9-12-20(13-10-16)26(2,24)25/h5-8,16-17H,3-4,9-13H2,1-2H3. The molecule has 0 bridgehead atoms. The van der Waals surface area contributed by atoms with Crippen molar-refractivity contribution in [1.29, 1.82) is 0 Å². The number of aryl methyl sites for hydroxylation is 1. The van der Waals surface area contributed by atoms with Crippen LogP contribution >= 0.6 is 0 Å². The van der Waals surface area contributed by atoms with Gasteiger partial charge in [-0.1, -0.05) is 29.8 Å². The average Bonchev–Trinajstić information content (AvgIpc) is 3.10. The van der Waals surface area contributed by atoms with Gasteiger partial charge in [-0.15, -0.1) is 0 Å². The molecule has 0 N–H and O–H groups in total. The second-order valence-electron chi connectivity index (χ2n) is 7.36. The van der Waals surface area contributed by atoms with Gasteiger partial charge in [-0.25, -0.2) is 12.7 Å². The topological polar surface area (TPSA) is 74.8 Å². The maximum atomic E-state index is 13.0. The number of nitrogens with zero attached hydrogens (tertiary/aromatic N) is 2. The molecule has 3 rings (SSSR count). The first-order valence-corrected chi connectivity index (χ1v) is 11.0. The van der Waals surface area contributed by atoms with Gasteiger partial charge < -0.3 is 4.90 Å². The molecular formula is C19H26N2O4S. The zero-order chi connectivity index (χ0) is 18.9. The smallest absolute Gasteiger partial charge is 0.226 e. The highest BCUT2D eigenvalue weighted by Crippen LogP contribution is 2.27. The van der Waals surface area contributed by atoms with Crippen LogP contribution in [0.25, 0.3) is 0 Å². The van der Waals surface area contributed by atoms with Gasteiger partial charge in [0.2, 0.25) is 15.9 Å². The number of likely N-dealkylation sites (tertiary alicyclic amines) is 1. The summed E-state index contributed by atoms with van der Waals surface area (Å²) in [6, 6.07) is 7.08. The quantitative estimate of drug-likeness (QED) is 0.750. The van der Waals surface area contributed by atoms with Crippen molar-refractivity contribution >= 4 is 21.7 Å². The van der Waals surface area contributed by atoms with Gasteiger partial charge in [0.05, 0.1) is 12.3 Å². The van der Waals surface area contributed by atoms with Crippen LogP contribution in [0, 0.1) is 12.8 Å². The van der Waals surface area contributed by atoms with E-state index >= 15 is 0 Å². The zero-order valence-electron chi connectivity index (χ0n) is 15.3. The number of hydrogen-bond acceptors (Lipinski definition) is 4. The van der Waals surface area contributed by atoms with Crippen LogP contribution in [0.15, 0.2) is 24.3 Å². The molecule has 6 nitrogen and oxygen atoms in total. The molecule has 1 atom stereocenters. The van der Waals surface area contributed by atoms with Crippen LogP contribution < -0.4 is 0 Å². The highest BCUT2D eigenvalue weighted by Gasteiger charge is 2.39. The third-order valence-corrected chi connectivity index (χ3v) is 6.75. The molecule has 142 valence electrons. The lowest BCUT2D eigenvalue weighted by Gasteiger charge is -2.33. The molecule has 7 heteroatoms. The van der Waals surface area contributed by atoms with Gasteiger partial charge in [-0.2, -0.15) is 0 Å². The maximum Gasteiger partial charge on any atom is 0.226 e. The van der Waals surface area contributed by atoms with Crippen LogP contribution in [0.2, 0.25) is 0 Å². The summed E-state index contributed by atoms with van der Waals surface area (Å²) in [5.74, 6) is -0.190. The van der Waals surface area contributed by atoms with E-state index in [-0.39, 0.29) is 17.6 Å². The highest BCUT2D eigenvalue weighted by atomic mass is 32.2. The van der Waals surface area contributed by atoms with E-state index in [2.05, 4.69) is 0 Å². The number of carbonyl (C=O) groups is 2. The van der Waals surface area contributed by atoms with Crippen LogP contribution in [-0.2, 0) is 14.8 Å². The van der Waals surface area contributed by atoms with Crippen LogP contribution in [0.4, 0.5) is 0 Å². The predicted octanol–water partition coefficient (Wildman–Crippen LogP) is 1.84. The van der Waals surface area contributed by atoms with Gasteiger partial charge in [0.25, 0.3) is 0 Å². The fraction of sp³-hybridized carbons (Fsp3) is 0.579. The van der Waals surface area contributed by atoms with E-state index in [1.807, 2.05) is 31.2 Å². The van der Waals surface area contributed by atoms with Gasteiger partial charge >= 0.3 is 0 Å². The van der Waals surface area contributed by atoms with Crippen molar-refractivity contribution in [2.45, 2.75) is 38.6 Å². The summed E-state index contributed by atoms with van der Waals surface area (Å²) in [6.45, 7) is 3.33. The Morgan fingerprint density at radius 3 is 2.19 bits per heavy atom. The molecule has 1 aromatic rings. The number of sulfonamides is 1. The molecule has 2 fully saturated rings. The number of hydrogen-bond donors (Lipinski definition) is 0. The van der Waals surface area contributed by atoms with Crippen molar-refractivity contribution in [3.8, 4) is 0 Å². The molecule has 1 amide bonds. The minimum Gasteiger partial charge on any atom is -0.332 e. The van der Waals surface area contributed by atoms with Gasteiger partial charge in [-0.05, 0) is 32.6 Å². The molecule has 0 saturated carbocycles. The summed E-state index contributed by atoms with van der Waals surface area (Å²) in [7, 11) is -3.20. The summed E-state index contributed by atoms with van der Waals surface area (Å²) in [4.78, 5) is 27.5. The van der Waals surface area contributed by atoms with E-state index < -0.39 is 16.1 Å². The van der Waals surface area contributed by atoms with Crippen molar-refractivity contribution in [1.82, 2.24) is 9.21 Å². The lowest BCUT2D eigenvalue weighted by molar-refractivity contribution is -0.136. The summed E-state index contributed by atoms with van der Waals surface area (Å²) in [5.41, 5.74) is 1.74. The Morgan fingerprint density at radius 1 is 1.00 bits per heavy atom. The molecule has 2 heterocycles. The second-order valence-corrected chi connectivity index (χ2v) is 9.34. The maximum absolute atomic E-state index is 13.0. The third-order valence-electron chi connectivity index (χ3n) is 5.45. The SMILES string of the molecule is Cc1ccc(C(=O)C2CCCN2C(=O)C2CCN(S(C)(=O)=O)CC2)cc1. The van der Waals surface area contributed by atoms with Gasteiger partial charge in [0.15, 0.2) is 5.78 Å². The molecule has 0 spiro atoms. The number of carbonyl (C=O) groups excluding carboxylic acids is 2. The minimum atomic E-state index is -3.20. The molecular weight excluding hydrogens is 352 g/mol. The van der Waals surface area contributed by atoms with Gasteiger partial charge in [0.1, 0.15) is 0 Å². The van der Waals surface area contributed by atoms with Crippen LogP contribution in [0.5, 0.6) is 0 Å². The Bertz CT molecular complexity index is 780. The van der Waals surface area contributed by atoms with Gasteiger partial charge in [-0.3, -0.25) is 9.59 Å². The third kappa shape index (κ3) is 3.99. The minimum absolute atomic E-state index is 0.00103. The van der Waals surface area contributed by atoms with E-state index in [0.717, 1.165) is 12.0 Å². The van der Waals surface area contributed by atoms with E-state index in [1.54, 1.807) is 4.90 Å². The van der Waals surface area contributed by atoms with Gasteiger partial charge in [0, 0.05) is 31.1 Å². The number of ketones is 1. The fourth-order valence-electron chi connectivity index (χ4n) is 3.88. The van der Waals surface area contributed by atoms with E-state index in [0.29, 0.717) is 44.5 Å². The van der Waals surface area contributed by atoms with Crippen molar-refractivity contribution in [2.24, 2.45) is 5.92 Å². The molecule has 0 aromatic heterocycles. The van der Waals surface area contributed by atoms with Crippen molar-refractivity contribution < 1.29 is 18.0 Å². The second kappa shape index (κ2) is 7.48. The Labute approximate surface area is 155 Å². The van der Waals surface area contributed by atoms with Crippen molar-refractivity contribution in [2.75, 3.05) is 25.9 Å². The zero-order valence-corrected chi connectivity index (χ0v) is 16.2.